The minimum absolute atomic E-state index is 0.579. The molecule has 0 aliphatic carbocycles. The van der Waals surface area contributed by atoms with Gasteiger partial charge in [0.25, 0.3) is 0 Å². The highest BCUT2D eigenvalue weighted by atomic mass is 16.5. The van der Waals surface area contributed by atoms with E-state index in [1.807, 2.05) is 20.9 Å². The SMILES string of the molecule is C=C(Nc1ccc(C)cc1CC(=C)c1cc2ccccc2cc1OCCCN)c1cc2ccccc2cc1CCCCNC.CC. The van der Waals surface area contributed by atoms with E-state index in [4.69, 9.17) is 10.5 Å². The quantitative estimate of drug-likeness (QED) is 0.103. The van der Waals surface area contributed by atoms with Crippen molar-refractivity contribution < 1.29 is 4.74 Å². The van der Waals surface area contributed by atoms with Crippen molar-refractivity contribution in [1.29, 1.82) is 0 Å². The Morgan fingerprint density at radius 1 is 0.739 bits per heavy atom. The van der Waals surface area contributed by atoms with Gasteiger partial charge < -0.3 is 21.1 Å². The molecule has 0 amide bonds. The molecule has 0 heterocycles. The molecule has 5 rings (SSSR count). The van der Waals surface area contributed by atoms with Crippen LogP contribution in [-0.2, 0) is 12.8 Å². The molecule has 0 unspecified atom stereocenters. The summed E-state index contributed by atoms with van der Waals surface area (Å²) in [6, 6.07) is 32.5. The van der Waals surface area contributed by atoms with Crippen molar-refractivity contribution in [3.05, 3.63) is 132 Å². The van der Waals surface area contributed by atoms with Crippen molar-refractivity contribution in [2.24, 2.45) is 5.73 Å². The molecule has 5 aromatic rings. The Labute approximate surface area is 276 Å². The van der Waals surface area contributed by atoms with Crippen molar-refractivity contribution >= 4 is 38.5 Å². The largest absolute Gasteiger partial charge is 0.493 e. The van der Waals surface area contributed by atoms with Crippen LogP contribution in [0.4, 0.5) is 5.69 Å². The zero-order chi connectivity index (χ0) is 32.9. The summed E-state index contributed by atoms with van der Waals surface area (Å²) in [6.45, 7) is 17.4. The van der Waals surface area contributed by atoms with E-state index in [2.05, 4.69) is 122 Å². The lowest BCUT2D eigenvalue weighted by Gasteiger charge is -2.20. The van der Waals surface area contributed by atoms with Gasteiger partial charge in [0.05, 0.1) is 6.61 Å². The molecule has 240 valence electrons. The minimum atomic E-state index is 0.579. The van der Waals surface area contributed by atoms with E-state index >= 15 is 0 Å². The molecule has 5 aromatic carbocycles. The second-order valence-corrected chi connectivity index (χ2v) is 11.6. The lowest BCUT2D eigenvalue weighted by atomic mass is 9.93. The number of ether oxygens (including phenoxy) is 1. The summed E-state index contributed by atoms with van der Waals surface area (Å²) in [5.41, 5.74) is 14.6. The summed E-state index contributed by atoms with van der Waals surface area (Å²) in [5.74, 6) is 0.854. The first-order valence-electron chi connectivity index (χ1n) is 16.7. The van der Waals surface area contributed by atoms with E-state index in [0.29, 0.717) is 19.6 Å². The Hall–Kier alpha value is -4.38. The number of anilines is 1. The average Bonchev–Trinajstić information content (AvgIpc) is 3.08. The van der Waals surface area contributed by atoms with E-state index in [-0.39, 0.29) is 0 Å². The molecule has 46 heavy (non-hydrogen) atoms. The monoisotopic (exact) mass is 613 g/mol. The molecule has 0 aliphatic heterocycles. The molecule has 0 atom stereocenters. The Morgan fingerprint density at radius 3 is 2.02 bits per heavy atom. The predicted molar refractivity (Wildman–Crippen MR) is 202 cm³/mol. The fourth-order valence-corrected chi connectivity index (χ4v) is 5.82. The first-order valence-corrected chi connectivity index (χ1v) is 16.7. The fraction of sp³-hybridized carbons (Fsp3) is 0.286. The number of nitrogens with one attached hydrogen (secondary N) is 2. The number of rotatable bonds is 15. The van der Waals surface area contributed by atoms with E-state index in [0.717, 1.165) is 65.9 Å². The number of fused-ring (bicyclic) bond motifs is 2. The number of unbranched alkanes of at least 4 members (excludes halogenated alkanes) is 1. The number of nitrogens with two attached hydrogens (primary N) is 1. The van der Waals surface area contributed by atoms with Gasteiger partial charge in [-0.05, 0) is 122 Å². The molecule has 4 heteroatoms. The summed E-state index contributed by atoms with van der Waals surface area (Å²) in [4.78, 5) is 0. The maximum absolute atomic E-state index is 6.24. The van der Waals surface area contributed by atoms with Gasteiger partial charge in [0.1, 0.15) is 5.75 Å². The fourth-order valence-electron chi connectivity index (χ4n) is 5.82. The summed E-state index contributed by atoms with van der Waals surface area (Å²) in [5, 5.41) is 11.8. The maximum Gasteiger partial charge on any atom is 0.127 e. The van der Waals surface area contributed by atoms with Crippen LogP contribution in [0.15, 0.2) is 104 Å². The molecule has 4 nitrogen and oxygen atoms in total. The Morgan fingerprint density at radius 2 is 1.37 bits per heavy atom. The summed E-state index contributed by atoms with van der Waals surface area (Å²) in [7, 11) is 2.01. The van der Waals surface area contributed by atoms with Gasteiger partial charge in [-0.2, -0.15) is 0 Å². The summed E-state index contributed by atoms with van der Waals surface area (Å²) >= 11 is 0. The molecule has 0 fully saturated rings. The van der Waals surface area contributed by atoms with Gasteiger partial charge in [-0.3, -0.25) is 0 Å². The van der Waals surface area contributed by atoms with Crippen LogP contribution >= 0.6 is 0 Å². The van der Waals surface area contributed by atoms with E-state index in [1.165, 1.54) is 38.4 Å². The third kappa shape index (κ3) is 8.87. The van der Waals surface area contributed by atoms with Crippen molar-refractivity contribution in [3.63, 3.8) is 0 Å². The third-order valence-electron chi connectivity index (χ3n) is 8.20. The number of aryl methyl sites for hydroxylation is 2. The molecule has 0 radical (unpaired) electrons. The first kappa shape index (κ1) is 34.5. The second kappa shape index (κ2) is 17.4. The lowest BCUT2D eigenvalue weighted by molar-refractivity contribution is 0.313. The van der Waals surface area contributed by atoms with Gasteiger partial charge in [0.15, 0.2) is 0 Å². The number of hydrogen-bond donors (Lipinski definition) is 3. The van der Waals surface area contributed by atoms with E-state index in [9.17, 15) is 0 Å². The zero-order valence-electron chi connectivity index (χ0n) is 28.2. The highest BCUT2D eigenvalue weighted by Crippen LogP contribution is 2.35. The van der Waals surface area contributed by atoms with Crippen LogP contribution in [0.3, 0.4) is 0 Å². The van der Waals surface area contributed by atoms with Crippen LogP contribution in [0.2, 0.25) is 0 Å². The zero-order valence-corrected chi connectivity index (χ0v) is 28.2. The normalized spacial score (nSPS) is 10.8. The van der Waals surface area contributed by atoms with Crippen LogP contribution in [-0.4, -0.2) is 26.7 Å². The molecule has 4 N–H and O–H groups in total. The third-order valence-corrected chi connectivity index (χ3v) is 8.20. The van der Waals surface area contributed by atoms with E-state index < -0.39 is 0 Å². The van der Waals surface area contributed by atoms with Crippen molar-refractivity contribution in [2.45, 2.75) is 52.9 Å². The van der Waals surface area contributed by atoms with Gasteiger partial charge in [0, 0.05) is 22.5 Å². The van der Waals surface area contributed by atoms with E-state index in [1.54, 1.807) is 0 Å². The number of allylic oxidation sites excluding steroid dienone is 1. The van der Waals surface area contributed by atoms with Crippen LogP contribution in [0.1, 0.15) is 60.9 Å². The van der Waals surface area contributed by atoms with Gasteiger partial charge in [-0.15, -0.1) is 0 Å². The van der Waals surface area contributed by atoms with Gasteiger partial charge in [-0.1, -0.05) is 99.3 Å². The van der Waals surface area contributed by atoms with Crippen LogP contribution in [0, 0.1) is 6.92 Å². The molecule has 0 spiro atoms. The van der Waals surface area contributed by atoms with Crippen LogP contribution < -0.4 is 21.1 Å². The molecular weight excluding hydrogens is 562 g/mol. The van der Waals surface area contributed by atoms with Crippen molar-refractivity contribution in [2.75, 3.05) is 32.1 Å². The molecule has 0 saturated heterocycles. The summed E-state index contributed by atoms with van der Waals surface area (Å²) in [6.07, 6.45) is 4.75. The lowest BCUT2D eigenvalue weighted by Crippen LogP contribution is -2.08. The van der Waals surface area contributed by atoms with Gasteiger partial charge >= 0.3 is 0 Å². The molecule has 0 aromatic heterocycles. The smallest absolute Gasteiger partial charge is 0.127 e. The Kier molecular flexibility index (Phi) is 13.0. The Balaban J connectivity index is 0.00000235. The maximum atomic E-state index is 6.24. The molecule has 0 saturated carbocycles. The number of benzene rings is 5. The topological polar surface area (TPSA) is 59.3 Å². The highest BCUT2D eigenvalue weighted by molar-refractivity contribution is 5.91. The van der Waals surface area contributed by atoms with Crippen molar-refractivity contribution in [3.8, 4) is 5.75 Å². The van der Waals surface area contributed by atoms with Crippen LogP contribution in [0.5, 0.6) is 5.75 Å². The molecule has 0 bridgehead atoms. The standard InChI is InChI=1S/C40H45N3O.C2H6/c1-28-17-18-39(43-30(3)38-26-33-14-6-5-12-31(33)24-35(38)16-9-10-20-42-4)36(22-28)23-29(2)37-25-32-13-7-8-15-34(32)27-40(37)44-21-11-19-41;1-2/h5-8,12-15,17-18,22,24-27,42-43H,2-3,9-11,16,19-21,23,41H2,1,4H3;1-2H3. The second-order valence-electron chi connectivity index (χ2n) is 11.6. The predicted octanol–water partition coefficient (Wildman–Crippen LogP) is 9.94. The number of hydrogen-bond acceptors (Lipinski definition) is 4. The van der Waals surface area contributed by atoms with Gasteiger partial charge in [-0.25, -0.2) is 0 Å². The summed E-state index contributed by atoms with van der Waals surface area (Å²) < 4.78 is 6.24. The Bertz CT molecular complexity index is 1770. The molecule has 0 aliphatic rings. The highest BCUT2D eigenvalue weighted by Gasteiger charge is 2.15. The first-order chi connectivity index (χ1) is 22.5. The minimum Gasteiger partial charge on any atom is -0.493 e. The average molecular weight is 614 g/mol. The van der Waals surface area contributed by atoms with Crippen LogP contribution in [0.25, 0.3) is 32.8 Å². The van der Waals surface area contributed by atoms with Gasteiger partial charge in [0.2, 0.25) is 0 Å². The van der Waals surface area contributed by atoms with Crippen molar-refractivity contribution in [1.82, 2.24) is 5.32 Å². The molecular formula is C42H51N3O.